The van der Waals surface area contributed by atoms with Crippen LogP contribution >= 0.6 is 27.3 Å². The van der Waals surface area contributed by atoms with E-state index in [4.69, 9.17) is 4.74 Å². The first-order valence-corrected chi connectivity index (χ1v) is 8.28. The van der Waals surface area contributed by atoms with Gasteiger partial charge in [0.1, 0.15) is 12.4 Å². The molecule has 0 bridgehead atoms. The van der Waals surface area contributed by atoms with Crippen LogP contribution in [-0.2, 0) is 6.61 Å². The molecule has 20 heavy (non-hydrogen) atoms. The van der Waals surface area contributed by atoms with E-state index in [-0.39, 0.29) is 6.04 Å². The van der Waals surface area contributed by atoms with Crippen LogP contribution in [0.25, 0.3) is 0 Å². The van der Waals surface area contributed by atoms with Gasteiger partial charge in [-0.1, -0.05) is 28.9 Å². The van der Waals surface area contributed by atoms with E-state index in [1.807, 2.05) is 25.3 Å². The molecular weight excluding hydrogens is 336 g/mol. The van der Waals surface area contributed by atoms with Crippen LogP contribution in [0.5, 0.6) is 5.75 Å². The summed E-state index contributed by atoms with van der Waals surface area (Å²) in [6.45, 7) is 7.76. The maximum Gasteiger partial charge on any atom is 0.125 e. The summed E-state index contributed by atoms with van der Waals surface area (Å²) in [4.78, 5) is 5.39. The van der Waals surface area contributed by atoms with Gasteiger partial charge in [0.2, 0.25) is 0 Å². The fraction of sp³-hybridized carbons (Fsp3) is 0.400. The van der Waals surface area contributed by atoms with E-state index in [1.54, 1.807) is 11.3 Å². The van der Waals surface area contributed by atoms with Gasteiger partial charge in [-0.2, -0.15) is 0 Å². The summed E-state index contributed by atoms with van der Waals surface area (Å²) in [6, 6.07) is 6.44. The highest BCUT2D eigenvalue weighted by molar-refractivity contribution is 9.10. The number of hydrogen-bond donors (Lipinski definition) is 1. The Bertz CT molecular complexity index is 571. The molecular formula is C15H19BrN2OS. The second-order valence-corrected chi connectivity index (χ2v) is 6.83. The third-order valence-corrected chi connectivity index (χ3v) is 4.37. The van der Waals surface area contributed by atoms with Crippen molar-refractivity contribution in [1.82, 2.24) is 10.3 Å². The summed E-state index contributed by atoms with van der Waals surface area (Å²) >= 11 is 5.18. The van der Waals surface area contributed by atoms with Gasteiger partial charge >= 0.3 is 0 Å². The van der Waals surface area contributed by atoms with Crippen LogP contribution in [0.4, 0.5) is 0 Å². The van der Waals surface area contributed by atoms with E-state index in [9.17, 15) is 0 Å². The molecule has 2 aromatic rings. The third kappa shape index (κ3) is 4.04. The minimum absolute atomic E-state index is 0.270. The van der Waals surface area contributed by atoms with Crippen molar-refractivity contribution >= 4 is 27.3 Å². The van der Waals surface area contributed by atoms with E-state index in [0.29, 0.717) is 6.61 Å². The van der Waals surface area contributed by atoms with Gasteiger partial charge in [-0.25, -0.2) is 4.98 Å². The predicted molar refractivity (Wildman–Crippen MR) is 87.4 cm³/mol. The molecule has 1 aromatic carbocycles. The van der Waals surface area contributed by atoms with Crippen LogP contribution in [0.1, 0.15) is 35.3 Å². The predicted octanol–water partition coefficient (Wildman–Crippen LogP) is 4.46. The molecule has 0 saturated heterocycles. The van der Waals surface area contributed by atoms with Crippen molar-refractivity contribution in [2.24, 2.45) is 0 Å². The van der Waals surface area contributed by atoms with Crippen molar-refractivity contribution in [1.29, 1.82) is 0 Å². The average molecular weight is 355 g/mol. The van der Waals surface area contributed by atoms with Crippen LogP contribution < -0.4 is 10.1 Å². The zero-order valence-corrected chi connectivity index (χ0v) is 14.3. The molecule has 0 aliphatic heterocycles. The Morgan fingerprint density at radius 1 is 1.45 bits per heavy atom. The lowest BCUT2D eigenvalue weighted by atomic mass is 10.1. The number of ether oxygens (including phenoxy) is 1. The van der Waals surface area contributed by atoms with Crippen LogP contribution in [0, 0.1) is 6.92 Å². The Morgan fingerprint density at radius 3 is 2.90 bits per heavy atom. The monoisotopic (exact) mass is 354 g/mol. The summed E-state index contributed by atoms with van der Waals surface area (Å²) < 4.78 is 7.01. The van der Waals surface area contributed by atoms with Gasteiger partial charge in [-0.05, 0) is 32.5 Å². The first-order valence-electron chi connectivity index (χ1n) is 6.67. The van der Waals surface area contributed by atoms with Crippen LogP contribution in [0.15, 0.2) is 28.9 Å². The number of rotatable bonds is 6. The van der Waals surface area contributed by atoms with E-state index >= 15 is 0 Å². The molecule has 2 rings (SSSR count). The van der Waals surface area contributed by atoms with Gasteiger partial charge in [0, 0.05) is 22.3 Å². The van der Waals surface area contributed by atoms with Crippen LogP contribution in [0.3, 0.4) is 0 Å². The van der Waals surface area contributed by atoms with Gasteiger partial charge in [-0.3, -0.25) is 0 Å². The van der Waals surface area contributed by atoms with Crippen molar-refractivity contribution in [3.05, 3.63) is 44.3 Å². The molecule has 0 radical (unpaired) electrons. The number of thiazole rings is 1. The zero-order chi connectivity index (χ0) is 14.5. The highest BCUT2D eigenvalue weighted by Crippen LogP contribution is 2.29. The first kappa shape index (κ1) is 15.5. The van der Waals surface area contributed by atoms with Crippen molar-refractivity contribution in [3.8, 4) is 5.75 Å². The fourth-order valence-electron chi connectivity index (χ4n) is 2.03. The van der Waals surface area contributed by atoms with Gasteiger partial charge in [0.25, 0.3) is 0 Å². The lowest BCUT2D eigenvalue weighted by Gasteiger charge is -2.17. The molecule has 1 heterocycles. The first-order chi connectivity index (χ1) is 9.60. The summed E-state index contributed by atoms with van der Waals surface area (Å²) in [5.41, 5.74) is 1.18. The van der Waals surface area contributed by atoms with Gasteiger partial charge < -0.3 is 10.1 Å². The maximum absolute atomic E-state index is 5.99. The lowest BCUT2D eigenvalue weighted by molar-refractivity contribution is 0.303. The molecule has 0 amide bonds. The van der Waals surface area contributed by atoms with Gasteiger partial charge in [0.05, 0.1) is 9.88 Å². The van der Waals surface area contributed by atoms with Crippen molar-refractivity contribution in [2.75, 3.05) is 6.54 Å². The quantitative estimate of drug-likeness (QED) is 0.831. The minimum Gasteiger partial charge on any atom is -0.488 e. The fourth-order valence-corrected chi connectivity index (χ4v) is 3.08. The van der Waals surface area contributed by atoms with Crippen molar-refractivity contribution in [2.45, 2.75) is 33.4 Å². The number of nitrogens with zero attached hydrogens (tertiary/aromatic N) is 1. The SMILES string of the molecule is CCNC(C)c1ccc(Br)cc1OCc1cnc(C)s1. The Balaban J connectivity index is 2.14. The highest BCUT2D eigenvalue weighted by atomic mass is 79.9. The number of halogens is 1. The topological polar surface area (TPSA) is 34.1 Å². The number of nitrogens with one attached hydrogen (secondary N) is 1. The Morgan fingerprint density at radius 2 is 2.25 bits per heavy atom. The number of aryl methyl sites for hydroxylation is 1. The largest absolute Gasteiger partial charge is 0.488 e. The maximum atomic E-state index is 5.99. The molecule has 1 N–H and O–H groups in total. The number of benzene rings is 1. The van der Waals surface area contributed by atoms with Crippen molar-refractivity contribution in [3.63, 3.8) is 0 Å². The highest BCUT2D eigenvalue weighted by Gasteiger charge is 2.12. The molecule has 3 nitrogen and oxygen atoms in total. The second kappa shape index (κ2) is 7.20. The van der Waals surface area contributed by atoms with Crippen LogP contribution in [-0.4, -0.2) is 11.5 Å². The molecule has 0 fully saturated rings. The lowest BCUT2D eigenvalue weighted by Crippen LogP contribution is -2.18. The van der Waals surface area contributed by atoms with E-state index in [0.717, 1.165) is 26.7 Å². The second-order valence-electron chi connectivity index (χ2n) is 4.60. The molecule has 0 saturated carbocycles. The normalized spacial score (nSPS) is 12.4. The number of hydrogen-bond acceptors (Lipinski definition) is 4. The summed E-state index contributed by atoms with van der Waals surface area (Å²) in [6.07, 6.45) is 1.88. The van der Waals surface area contributed by atoms with E-state index in [1.165, 1.54) is 5.56 Å². The molecule has 0 aliphatic carbocycles. The molecule has 0 spiro atoms. The summed E-state index contributed by atoms with van der Waals surface area (Å²) in [7, 11) is 0. The van der Waals surface area contributed by atoms with Crippen molar-refractivity contribution < 1.29 is 4.74 Å². The Labute approximate surface area is 132 Å². The summed E-state index contributed by atoms with van der Waals surface area (Å²) in [5.74, 6) is 0.916. The number of aromatic nitrogens is 1. The van der Waals surface area contributed by atoms with Crippen LogP contribution in [0.2, 0.25) is 0 Å². The van der Waals surface area contributed by atoms with E-state index in [2.05, 4.69) is 46.1 Å². The zero-order valence-electron chi connectivity index (χ0n) is 11.9. The standard InChI is InChI=1S/C15H19BrN2OS/c1-4-17-10(2)14-6-5-12(16)7-15(14)19-9-13-8-18-11(3)20-13/h5-8,10,17H,4,9H2,1-3H3. The average Bonchev–Trinajstić information content (AvgIpc) is 2.82. The smallest absolute Gasteiger partial charge is 0.125 e. The van der Waals surface area contributed by atoms with Gasteiger partial charge in [0.15, 0.2) is 0 Å². The molecule has 5 heteroatoms. The molecule has 108 valence electrons. The molecule has 1 atom stereocenters. The third-order valence-electron chi connectivity index (χ3n) is 2.99. The summed E-state index contributed by atoms with van der Waals surface area (Å²) in [5, 5.41) is 4.49. The Hall–Kier alpha value is -0.910. The molecule has 0 aliphatic rings. The molecule has 1 unspecified atom stereocenters. The molecule has 1 aromatic heterocycles. The van der Waals surface area contributed by atoms with Gasteiger partial charge in [-0.15, -0.1) is 11.3 Å². The van der Waals surface area contributed by atoms with E-state index < -0.39 is 0 Å². The minimum atomic E-state index is 0.270. The Kier molecular flexibility index (Phi) is 5.57.